The van der Waals surface area contributed by atoms with Crippen molar-refractivity contribution in [1.29, 1.82) is 0 Å². The Morgan fingerprint density at radius 3 is 2.76 bits per heavy atom. The minimum Gasteiger partial charge on any atom is -0.480 e. The molecule has 0 fully saturated rings. The van der Waals surface area contributed by atoms with Crippen LogP contribution in [0.5, 0.6) is 0 Å². The topological polar surface area (TPSA) is 126 Å². The number of rotatable bonds is 3. The summed E-state index contributed by atoms with van der Waals surface area (Å²) < 4.78 is 4.74. The van der Waals surface area contributed by atoms with Gasteiger partial charge in [-0.3, -0.25) is 14.6 Å². The van der Waals surface area contributed by atoms with E-state index in [0.29, 0.717) is 5.52 Å². The van der Waals surface area contributed by atoms with Gasteiger partial charge in [-0.05, 0) is 18.2 Å². The lowest BCUT2D eigenvalue weighted by Crippen LogP contribution is -2.38. The number of hydrogen-bond acceptors (Lipinski definition) is 5. The van der Waals surface area contributed by atoms with Crippen molar-refractivity contribution in [1.82, 2.24) is 4.98 Å². The molecule has 1 heterocycles. The van der Waals surface area contributed by atoms with Crippen molar-refractivity contribution in [2.75, 3.05) is 0 Å². The molecule has 0 bridgehead atoms. The summed E-state index contributed by atoms with van der Waals surface area (Å²) in [5, 5.41) is 8.61. The van der Waals surface area contributed by atoms with Crippen LogP contribution in [0.15, 0.2) is 27.4 Å². The van der Waals surface area contributed by atoms with Gasteiger partial charge < -0.3 is 15.3 Å². The molecule has 1 aromatic carbocycles. The highest BCUT2D eigenvalue weighted by molar-refractivity contribution is 6.12. The Labute approximate surface area is 93.8 Å². The zero-order valence-corrected chi connectivity index (χ0v) is 8.47. The number of carbonyl (C=O) groups excluding carboxylic acids is 1. The first-order valence-corrected chi connectivity index (χ1v) is 4.64. The lowest BCUT2D eigenvalue weighted by molar-refractivity contribution is -0.137. The Bertz CT molecular complexity index is 654. The molecule has 17 heavy (non-hydrogen) atoms. The van der Waals surface area contributed by atoms with Gasteiger partial charge in [0.15, 0.2) is 17.4 Å². The third-order valence-electron chi connectivity index (χ3n) is 2.25. The van der Waals surface area contributed by atoms with E-state index in [4.69, 9.17) is 15.3 Å². The number of aromatic nitrogens is 1. The number of H-pyrrole nitrogens is 1. The normalized spacial score (nSPS) is 12.5. The van der Waals surface area contributed by atoms with Gasteiger partial charge in [-0.2, -0.15) is 0 Å². The number of hydrogen-bond donors (Lipinski definition) is 3. The van der Waals surface area contributed by atoms with E-state index in [1.54, 1.807) is 0 Å². The van der Waals surface area contributed by atoms with Gasteiger partial charge in [0.1, 0.15) is 0 Å². The highest BCUT2D eigenvalue weighted by atomic mass is 16.4. The fourth-order valence-corrected chi connectivity index (χ4v) is 1.40. The Morgan fingerprint density at radius 2 is 2.12 bits per heavy atom. The number of carboxylic acid groups (broad SMARTS) is 1. The summed E-state index contributed by atoms with van der Waals surface area (Å²) in [6.07, 6.45) is 0. The maximum atomic E-state index is 11.6. The molecule has 1 aromatic heterocycles. The van der Waals surface area contributed by atoms with E-state index in [-0.39, 0.29) is 11.1 Å². The molecule has 88 valence electrons. The van der Waals surface area contributed by atoms with E-state index in [2.05, 4.69) is 4.98 Å². The number of nitrogens with one attached hydrogen (secondary N) is 1. The number of aliphatic carboxylic acids is 1. The minimum absolute atomic E-state index is 0.101. The quantitative estimate of drug-likeness (QED) is 0.496. The summed E-state index contributed by atoms with van der Waals surface area (Å²) in [6, 6.07) is 2.45. The molecule has 0 spiro atoms. The van der Waals surface area contributed by atoms with Gasteiger partial charge >= 0.3 is 11.7 Å². The van der Waals surface area contributed by atoms with Crippen LogP contribution in [0, 0.1) is 0 Å². The molecule has 2 rings (SSSR count). The molecular formula is C10H8N2O5. The zero-order chi connectivity index (χ0) is 12.6. The summed E-state index contributed by atoms with van der Waals surface area (Å²) in [7, 11) is 0. The summed E-state index contributed by atoms with van der Waals surface area (Å²) in [6.45, 7) is 0. The number of ketones is 1. The van der Waals surface area contributed by atoms with Crippen molar-refractivity contribution < 1.29 is 19.1 Å². The first kappa shape index (κ1) is 11.1. The molecule has 0 aliphatic heterocycles. The maximum Gasteiger partial charge on any atom is 0.417 e. The highest BCUT2D eigenvalue weighted by Gasteiger charge is 2.23. The van der Waals surface area contributed by atoms with E-state index < -0.39 is 23.6 Å². The monoisotopic (exact) mass is 236 g/mol. The third-order valence-corrected chi connectivity index (χ3v) is 2.25. The molecule has 0 aliphatic rings. The average Bonchev–Trinajstić information content (AvgIpc) is 2.65. The van der Waals surface area contributed by atoms with Crippen LogP contribution in [0.25, 0.3) is 11.1 Å². The molecular weight excluding hydrogens is 228 g/mol. The number of Topliss-reactive ketones (excluding diaryl/α,β-unsaturated/α-hetero) is 1. The summed E-state index contributed by atoms with van der Waals surface area (Å²) in [5.41, 5.74) is 5.90. The van der Waals surface area contributed by atoms with Crippen LogP contribution in [0.2, 0.25) is 0 Å². The molecule has 0 aliphatic carbocycles. The minimum atomic E-state index is -1.62. The molecule has 0 amide bonds. The predicted molar refractivity (Wildman–Crippen MR) is 56.8 cm³/mol. The summed E-state index contributed by atoms with van der Waals surface area (Å²) >= 11 is 0. The number of carbonyl (C=O) groups is 2. The second kappa shape index (κ2) is 3.87. The van der Waals surface area contributed by atoms with Crippen LogP contribution < -0.4 is 11.5 Å². The zero-order valence-electron chi connectivity index (χ0n) is 8.47. The van der Waals surface area contributed by atoms with Gasteiger partial charge in [-0.1, -0.05) is 0 Å². The molecule has 1 atom stereocenters. The van der Waals surface area contributed by atoms with Crippen molar-refractivity contribution >= 4 is 22.9 Å². The lowest BCUT2D eigenvalue weighted by atomic mass is 10.0. The number of carboxylic acids is 1. The van der Waals surface area contributed by atoms with Crippen molar-refractivity contribution in [3.8, 4) is 0 Å². The Morgan fingerprint density at radius 1 is 1.41 bits per heavy atom. The van der Waals surface area contributed by atoms with Crippen LogP contribution in [-0.2, 0) is 4.79 Å². The Kier molecular flexibility index (Phi) is 2.52. The van der Waals surface area contributed by atoms with Crippen molar-refractivity contribution in [2.45, 2.75) is 6.04 Å². The molecule has 0 saturated carbocycles. The molecule has 1 unspecified atom stereocenters. The molecule has 0 saturated heterocycles. The van der Waals surface area contributed by atoms with Gasteiger partial charge in [-0.15, -0.1) is 0 Å². The van der Waals surface area contributed by atoms with Crippen molar-refractivity contribution in [3.63, 3.8) is 0 Å². The fourth-order valence-electron chi connectivity index (χ4n) is 1.40. The second-order valence-electron chi connectivity index (χ2n) is 3.41. The number of oxazole rings is 1. The van der Waals surface area contributed by atoms with Gasteiger partial charge in [-0.25, -0.2) is 4.79 Å². The van der Waals surface area contributed by atoms with Crippen molar-refractivity contribution in [3.05, 3.63) is 34.3 Å². The molecule has 4 N–H and O–H groups in total. The lowest BCUT2D eigenvalue weighted by Gasteiger charge is -2.04. The van der Waals surface area contributed by atoms with Crippen LogP contribution in [0.1, 0.15) is 10.4 Å². The number of nitrogens with two attached hydrogens (primary N) is 1. The molecule has 7 heteroatoms. The van der Waals surface area contributed by atoms with Gasteiger partial charge in [0.05, 0.1) is 5.52 Å². The van der Waals surface area contributed by atoms with E-state index in [1.165, 1.54) is 18.2 Å². The van der Waals surface area contributed by atoms with Crippen molar-refractivity contribution in [2.24, 2.45) is 5.73 Å². The first-order chi connectivity index (χ1) is 7.99. The van der Waals surface area contributed by atoms with E-state index >= 15 is 0 Å². The van der Waals surface area contributed by atoms with Crippen LogP contribution in [-0.4, -0.2) is 27.9 Å². The van der Waals surface area contributed by atoms with Crippen LogP contribution in [0.4, 0.5) is 0 Å². The maximum absolute atomic E-state index is 11.6. The van der Waals surface area contributed by atoms with Crippen LogP contribution >= 0.6 is 0 Å². The highest BCUT2D eigenvalue weighted by Crippen LogP contribution is 2.13. The molecule has 0 radical (unpaired) electrons. The average molecular weight is 236 g/mol. The smallest absolute Gasteiger partial charge is 0.417 e. The molecule has 2 aromatic rings. The second-order valence-corrected chi connectivity index (χ2v) is 3.41. The SMILES string of the molecule is NC(C(=O)O)C(=O)c1ccc2oc(=O)[nH]c2c1. The predicted octanol–water partition coefficient (Wildman–Crippen LogP) is -0.284. The Balaban J connectivity index is 2.46. The van der Waals surface area contributed by atoms with Gasteiger partial charge in [0.2, 0.25) is 0 Å². The Hall–Kier alpha value is -2.41. The fraction of sp³-hybridized carbons (Fsp3) is 0.100. The number of aromatic amines is 1. The summed E-state index contributed by atoms with van der Waals surface area (Å²) in [4.78, 5) is 35.4. The largest absolute Gasteiger partial charge is 0.480 e. The van der Waals surface area contributed by atoms with E-state index in [0.717, 1.165) is 0 Å². The standard InChI is InChI=1S/C10H8N2O5/c11-7(9(14)15)8(13)4-1-2-6-5(3-4)12-10(16)17-6/h1-3,7H,11H2,(H,12,16)(H,14,15). The number of fused-ring (bicyclic) bond motifs is 1. The summed E-state index contributed by atoms with van der Waals surface area (Å²) in [5.74, 6) is -2.79. The molecule has 7 nitrogen and oxygen atoms in total. The van der Waals surface area contributed by atoms with Gasteiger partial charge in [0.25, 0.3) is 0 Å². The first-order valence-electron chi connectivity index (χ1n) is 4.64. The number of benzene rings is 1. The van der Waals surface area contributed by atoms with E-state index in [9.17, 15) is 14.4 Å². The van der Waals surface area contributed by atoms with E-state index in [1.807, 2.05) is 0 Å². The third kappa shape index (κ3) is 1.95. The van der Waals surface area contributed by atoms with Gasteiger partial charge in [0, 0.05) is 5.56 Å². The van der Waals surface area contributed by atoms with Crippen LogP contribution in [0.3, 0.4) is 0 Å².